The summed E-state index contributed by atoms with van der Waals surface area (Å²) in [6, 6.07) is 0. The molecule has 1 heterocycles. The molecule has 2 N–H and O–H groups in total. The van der Waals surface area contributed by atoms with E-state index in [9.17, 15) is 9.59 Å². The highest BCUT2D eigenvalue weighted by Gasteiger charge is 2.23. The number of aromatic nitrogens is 1. The summed E-state index contributed by atoms with van der Waals surface area (Å²) >= 11 is 11.3. The average molecular weight is 252 g/mol. The maximum absolute atomic E-state index is 11.3. The molecule has 0 spiro atoms. The molecule has 0 saturated carbocycles. The van der Waals surface area contributed by atoms with Crippen molar-refractivity contribution in [2.24, 2.45) is 0 Å². The van der Waals surface area contributed by atoms with Crippen molar-refractivity contribution in [1.82, 2.24) is 4.98 Å². The smallest absolute Gasteiger partial charge is 0.356 e. The lowest BCUT2D eigenvalue weighted by atomic mass is 10.4. The molecule has 7 heteroatoms. The summed E-state index contributed by atoms with van der Waals surface area (Å²) in [5.74, 6) is -2.03. The van der Waals surface area contributed by atoms with Crippen LogP contribution in [0.2, 0.25) is 10.0 Å². The Kier molecular flexibility index (Phi) is 3.60. The van der Waals surface area contributed by atoms with Crippen LogP contribution in [0.15, 0.2) is 0 Å². The van der Waals surface area contributed by atoms with Gasteiger partial charge in [-0.3, -0.25) is 0 Å². The largest absolute Gasteiger partial charge is 0.477 e. The van der Waals surface area contributed by atoms with E-state index in [4.69, 9.17) is 28.3 Å². The molecule has 0 aliphatic rings. The molecule has 0 fully saturated rings. The van der Waals surface area contributed by atoms with Crippen molar-refractivity contribution in [2.45, 2.75) is 6.92 Å². The number of carbonyl (C=O) groups is 2. The highest BCUT2D eigenvalue weighted by molar-refractivity contribution is 6.45. The quantitative estimate of drug-likeness (QED) is 0.808. The second kappa shape index (κ2) is 4.55. The fraction of sp³-hybridized carbons (Fsp3) is 0.250. The van der Waals surface area contributed by atoms with Gasteiger partial charge in [-0.25, -0.2) is 9.59 Å². The summed E-state index contributed by atoms with van der Waals surface area (Å²) in [5, 5.41) is 8.34. The van der Waals surface area contributed by atoms with Gasteiger partial charge in [-0.15, -0.1) is 0 Å². The number of hydrogen-bond donors (Lipinski definition) is 2. The van der Waals surface area contributed by atoms with Crippen LogP contribution in [0.25, 0.3) is 0 Å². The number of aromatic carboxylic acids is 1. The molecule has 1 rings (SSSR count). The van der Waals surface area contributed by atoms with Gasteiger partial charge in [0.05, 0.1) is 16.7 Å². The van der Waals surface area contributed by atoms with Gasteiger partial charge in [0.15, 0.2) is 0 Å². The minimum atomic E-state index is -1.29. The Morgan fingerprint density at radius 2 is 1.87 bits per heavy atom. The van der Waals surface area contributed by atoms with E-state index >= 15 is 0 Å². The fourth-order valence-electron chi connectivity index (χ4n) is 0.945. The van der Waals surface area contributed by atoms with E-state index in [0.29, 0.717) is 0 Å². The van der Waals surface area contributed by atoms with Gasteiger partial charge in [0, 0.05) is 0 Å². The Balaban J connectivity index is 3.16. The molecule has 0 amide bonds. The van der Waals surface area contributed by atoms with E-state index in [1.165, 1.54) is 0 Å². The average Bonchev–Trinajstić information content (AvgIpc) is 2.45. The number of carboxylic acid groups (broad SMARTS) is 1. The first-order chi connectivity index (χ1) is 6.99. The first-order valence-electron chi connectivity index (χ1n) is 3.96. The third-order valence-corrected chi connectivity index (χ3v) is 2.43. The van der Waals surface area contributed by atoms with Crippen LogP contribution in [0.5, 0.6) is 0 Å². The zero-order valence-corrected chi connectivity index (χ0v) is 9.15. The van der Waals surface area contributed by atoms with E-state index < -0.39 is 11.9 Å². The number of carbonyl (C=O) groups excluding carboxylic acids is 1. The van der Waals surface area contributed by atoms with Gasteiger partial charge in [0.25, 0.3) is 0 Å². The van der Waals surface area contributed by atoms with Crippen LogP contribution in [-0.4, -0.2) is 28.6 Å². The van der Waals surface area contributed by atoms with Gasteiger partial charge >= 0.3 is 11.9 Å². The van der Waals surface area contributed by atoms with Crippen molar-refractivity contribution in [2.75, 3.05) is 6.61 Å². The number of aromatic amines is 1. The lowest BCUT2D eigenvalue weighted by molar-refractivity contribution is 0.0520. The van der Waals surface area contributed by atoms with E-state index in [-0.39, 0.29) is 28.0 Å². The van der Waals surface area contributed by atoms with Crippen molar-refractivity contribution >= 4 is 35.1 Å². The molecule has 0 aliphatic heterocycles. The van der Waals surface area contributed by atoms with Crippen LogP contribution in [-0.2, 0) is 4.74 Å². The van der Waals surface area contributed by atoms with Crippen LogP contribution < -0.4 is 0 Å². The minimum absolute atomic E-state index is 0.146. The van der Waals surface area contributed by atoms with Crippen molar-refractivity contribution in [3.05, 3.63) is 21.4 Å². The number of esters is 1. The van der Waals surface area contributed by atoms with Crippen LogP contribution in [0.4, 0.5) is 0 Å². The lowest BCUT2D eigenvalue weighted by Crippen LogP contribution is -2.06. The van der Waals surface area contributed by atoms with Gasteiger partial charge in [-0.1, -0.05) is 23.2 Å². The third-order valence-electron chi connectivity index (χ3n) is 1.58. The first kappa shape index (κ1) is 11.9. The molecule has 0 aliphatic carbocycles. The summed E-state index contributed by atoms with van der Waals surface area (Å²) < 4.78 is 4.65. The molecule has 0 unspecified atom stereocenters. The van der Waals surface area contributed by atoms with E-state index in [1.807, 2.05) is 0 Å². The summed E-state index contributed by atoms with van der Waals surface area (Å²) in [5.41, 5.74) is -0.481. The molecule has 0 radical (unpaired) electrons. The third kappa shape index (κ3) is 2.24. The number of nitrogens with one attached hydrogen (secondary N) is 1. The van der Waals surface area contributed by atoms with Crippen molar-refractivity contribution < 1.29 is 19.4 Å². The summed E-state index contributed by atoms with van der Waals surface area (Å²) in [6.07, 6.45) is 0. The topological polar surface area (TPSA) is 79.4 Å². The van der Waals surface area contributed by atoms with Crippen LogP contribution in [0.1, 0.15) is 27.9 Å². The molecule has 1 aromatic rings. The highest BCUT2D eigenvalue weighted by atomic mass is 35.5. The Hall–Kier alpha value is -1.20. The predicted octanol–water partition coefficient (Wildman–Crippen LogP) is 2.20. The Morgan fingerprint density at radius 3 is 2.27 bits per heavy atom. The number of halogens is 2. The van der Waals surface area contributed by atoms with Gasteiger partial charge in [0.2, 0.25) is 0 Å². The maximum atomic E-state index is 11.3. The van der Waals surface area contributed by atoms with Crippen LogP contribution in [0, 0.1) is 0 Å². The summed E-state index contributed by atoms with van der Waals surface area (Å²) in [7, 11) is 0. The van der Waals surface area contributed by atoms with Gasteiger partial charge in [0.1, 0.15) is 11.4 Å². The molecule has 0 aromatic carbocycles. The van der Waals surface area contributed by atoms with E-state index in [0.717, 1.165) is 0 Å². The fourth-order valence-corrected chi connectivity index (χ4v) is 1.39. The highest BCUT2D eigenvalue weighted by Crippen LogP contribution is 2.30. The lowest BCUT2D eigenvalue weighted by Gasteiger charge is -1.98. The number of ether oxygens (including phenoxy) is 1. The molecule has 0 saturated heterocycles. The summed E-state index contributed by atoms with van der Waals surface area (Å²) in [4.78, 5) is 24.2. The maximum Gasteiger partial charge on any atom is 0.356 e. The zero-order chi connectivity index (χ0) is 11.6. The van der Waals surface area contributed by atoms with Crippen molar-refractivity contribution in [1.29, 1.82) is 0 Å². The van der Waals surface area contributed by atoms with Crippen molar-refractivity contribution in [3.63, 3.8) is 0 Å². The zero-order valence-electron chi connectivity index (χ0n) is 7.63. The standard InChI is InChI=1S/C8H7Cl2NO4/c1-2-15-8(14)6-4(10)3(9)5(11-6)7(12)13/h11H,2H2,1H3,(H,12,13). The molecule has 15 heavy (non-hydrogen) atoms. The second-order valence-corrected chi connectivity index (χ2v) is 3.28. The number of hydrogen-bond acceptors (Lipinski definition) is 3. The number of rotatable bonds is 3. The molecule has 0 bridgehead atoms. The number of H-pyrrole nitrogens is 1. The predicted molar refractivity (Wildman–Crippen MR) is 53.7 cm³/mol. The second-order valence-electron chi connectivity index (χ2n) is 2.53. The normalized spacial score (nSPS) is 10.1. The number of carboxylic acids is 1. The Bertz CT molecular complexity index is 413. The van der Waals surface area contributed by atoms with Crippen LogP contribution in [0.3, 0.4) is 0 Å². The Labute approximate surface area is 94.9 Å². The van der Waals surface area contributed by atoms with Gasteiger partial charge in [-0.2, -0.15) is 0 Å². The van der Waals surface area contributed by atoms with Crippen LogP contribution >= 0.6 is 23.2 Å². The summed E-state index contributed by atoms with van der Waals surface area (Å²) in [6.45, 7) is 1.78. The first-order valence-corrected chi connectivity index (χ1v) is 4.72. The molecule has 0 atom stereocenters. The van der Waals surface area contributed by atoms with Gasteiger partial charge < -0.3 is 14.8 Å². The Morgan fingerprint density at radius 1 is 1.33 bits per heavy atom. The van der Waals surface area contributed by atoms with E-state index in [1.54, 1.807) is 6.92 Å². The molecular formula is C8H7Cl2NO4. The molecule has 82 valence electrons. The SMILES string of the molecule is CCOC(=O)c1[nH]c(C(=O)O)c(Cl)c1Cl. The van der Waals surface area contributed by atoms with Gasteiger partial charge in [-0.05, 0) is 6.92 Å². The monoisotopic (exact) mass is 251 g/mol. The van der Waals surface area contributed by atoms with Crippen molar-refractivity contribution in [3.8, 4) is 0 Å². The van der Waals surface area contributed by atoms with E-state index in [2.05, 4.69) is 9.72 Å². The minimum Gasteiger partial charge on any atom is -0.477 e. The molecule has 5 nitrogen and oxygen atoms in total. The molecular weight excluding hydrogens is 245 g/mol. The molecule has 1 aromatic heterocycles.